The van der Waals surface area contributed by atoms with E-state index in [0.29, 0.717) is 5.69 Å². The summed E-state index contributed by atoms with van der Waals surface area (Å²) in [6.45, 7) is 0.268. The van der Waals surface area contributed by atoms with Crippen molar-refractivity contribution in [1.29, 1.82) is 0 Å². The van der Waals surface area contributed by atoms with Crippen LogP contribution in [0.15, 0.2) is 34.6 Å². The van der Waals surface area contributed by atoms with Crippen LogP contribution in [-0.2, 0) is 9.53 Å². The Kier molecular flexibility index (Phi) is 3.18. The molecule has 0 saturated carbocycles. The van der Waals surface area contributed by atoms with Crippen LogP contribution >= 0.6 is 0 Å². The van der Waals surface area contributed by atoms with Crippen LogP contribution in [-0.4, -0.2) is 30.6 Å². The second kappa shape index (κ2) is 4.78. The lowest BCUT2D eigenvalue weighted by atomic mass is 10.2. The summed E-state index contributed by atoms with van der Waals surface area (Å²) in [6.07, 6.45) is 0. The minimum atomic E-state index is -0.648. The van der Waals surface area contributed by atoms with E-state index in [1.807, 2.05) is 0 Å². The lowest BCUT2D eigenvalue weighted by molar-refractivity contribution is -0.384. The lowest BCUT2D eigenvalue weighted by Gasteiger charge is -2.12. The molecule has 8 nitrogen and oxygen atoms in total. The zero-order chi connectivity index (χ0) is 13.1. The second-order valence-corrected chi connectivity index (χ2v) is 3.60. The molecule has 1 aliphatic heterocycles. The van der Waals surface area contributed by atoms with Crippen LogP contribution in [0.5, 0.6) is 0 Å². The fraction of sp³-hybridized carbons (Fsp3) is 0.300. The Morgan fingerprint density at radius 1 is 1.50 bits per heavy atom. The third-order valence-electron chi connectivity index (χ3n) is 2.48. The van der Waals surface area contributed by atoms with E-state index >= 15 is 0 Å². The van der Waals surface area contributed by atoms with E-state index in [1.165, 1.54) is 24.3 Å². The highest BCUT2D eigenvalue weighted by atomic mass is 16.6. The number of hydrogen-bond donors (Lipinski definition) is 0. The minimum absolute atomic E-state index is 0.000552. The molecule has 1 aromatic rings. The number of hydrogen-bond acceptors (Lipinski definition) is 7. The van der Waals surface area contributed by atoms with Gasteiger partial charge in [0.1, 0.15) is 0 Å². The molecule has 0 bridgehead atoms. The monoisotopic (exact) mass is 250 g/mol. The largest absolute Gasteiger partial charge is 0.467 e. The van der Waals surface area contributed by atoms with E-state index in [1.54, 1.807) is 12.1 Å². The van der Waals surface area contributed by atoms with Gasteiger partial charge in [0, 0.05) is 12.1 Å². The van der Waals surface area contributed by atoms with Crippen molar-refractivity contribution in [2.45, 2.75) is 6.04 Å². The van der Waals surface area contributed by atoms with Crippen molar-refractivity contribution in [3.63, 3.8) is 0 Å². The highest BCUT2D eigenvalue weighted by molar-refractivity contribution is 5.77. The summed E-state index contributed by atoms with van der Waals surface area (Å²) in [4.78, 5) is 21.3. The predicted octanol–water partition coefficient (Wildman–Crippen LogP) is 1.32. The number of rotatable bonds is 3. The minimum Gasteiger partial charge on any atom is -0.467 e. The van der Waals surface area contributed by atoms with E-state index in [0.717, 1.165) is 0 Å². The Labute approximate surface area is 102 Å². The molecule has 0 unspecified atom stereocenters. The molecule has 0 fully saturated rings. The number of anilines is 1. The number of non-ortho nitro benzene ring substituents is 1. The van der Waals surface area contributed by atoms with Crippen LogP contribution in [0.25, 0.3) is 0 Å². The first-order chi connectivity index (χ1) is 8.61. The van der Waals surface area contributed by atoms with Gasteiger partial charge in [-0.05, 0) is 12.1 Å². The Hall–Kier alpha value is -2.51. The summed E-state index contributed by atoms with van der Waals surface area (Å²) in [5.41, 5.74) is 0.634. The fourth-order valence-electron chi connectivity index (χ4n) is 1.52. The first kappa shape index (κ1) is 12.0. The van der Waals surface area contributed by atoms with E-state index in [4.69, 9.17) is 0 Å². The van der Waals surface area contributed by atoms with Crippen molar-refractivity contribution in [2.24, 2.45) is 10.3 Å². The van der Waals surface area contributed by atoms with Gasteiger partial charge < -0.3 is 4.74 Å². The SMILES string of the molecule is COC(=O)[C@H]1CN(c2ccc([N+](=O)[O-])cc2)N=N1. The van der Waals surface area contributed by atoms with Crippen molar-refractivity contribution in [1.82, 2.24) is 0 Å². The van der Waals surface area contributed by atoms with Gasteiger partial charge in [0.2, 0.25) is 0 Å². The van der Waals surface area contributed by atoms with Crippen LogP contribution < -0.4 is 5.01 Å². The number of esters is 1. The molecular formula is C10H10N4O4. The first-order valence-corrected chi connectivity index (χ1v) is 5.12. The third kappa shape index (κ3) is 2.26. The molecule has 0 spiro atoms. The zero-order valence-corrected chi connectivity index (χ0v) is 9.52. The van der Waals surface area contributed by atoms with Crippen molar-refractivity contribution in [3.05, 3.63) is 34.4 Å². The molecule has 0 radical (unpaired) electrons. The van der Waals surface area contributed by atoms with Gasteiger partial charge in [-0.25, -0.2) is 9.80 Å². The van der Waals surface area contributed by atoms with Crippen LogP contribution in [0.3, 0.4) is 0 Å². The molecule has 0 aromatic heterocycles. The molecule has 0 aliphatic carbocycles. The molecule has 0 saturated heterocycles. The summed E-state index contributed by atoms with van der Waals surface area (Å²) in [6, 6.07) is 5.20. The van der Waals surface area contributed by atoms with Crippen LogP contribution in [0.2, 0.25) is 0 Å². The normalized spacial score (nSPS) is 17.8. The van der Waals surface area contributed by atoms with Crippen molar-refractivity contribution in [3.8, 4) is 0 Å². The van der Waals surface area contributed by atoms with Crippen LogP contribution in [0.4, 0.5) is 11.4 Å². The number of carbonyl (C=O) groups is 1. The average Bonchev–Trinajstić information content (AvgIpc) is 2.87. The van der Waals surface area contributed by atoms with Gasteiger partial charge in [0.05, 0.1) is 24.3 Å². The van der Waals surface area contributed by atoms with Crippen molar-refractivity contribution in [2.75, 3.05) is 18.7 Å². The number of ether oxygens (including phenoxy) is 1. The maximum absolute atomic E-state index is 11.2. The highest BCUT2D eigenvalue weighted by Crippen LogP contribution is 2.23. The maximum atomic E-state index is 11.2. The van der Waals surface area contributed by atoms with Gasteiger partial charge in [-0.15, -0.1) is 0 Å². The number of methoxy groups -OCH3 is 1. The topological polar surface area (TPSA) is 97.4 Å². The number of nitrogens with zero attached hydrogens (tertiary/aromatic N) is 4. The fourth-order valence-corrected chi connectivity index (χ4v) is 1.52. The van der Waals surface area contributed by atoms with E-state index in [9.17, 15) is 14.9 Å². The highest BCUT2D eigenvalue weighted by Gasteiger charge is 2.27. The molecule has 1 aromatic carbocycles. The molecule has 1 aliphatic rings. The molecule has 2 rings (SSSR count). The summed E-state index contributed by atoms with van der Waals surface area (Å²) >= 11 is 0. The lowest BCUT2D eigenvalue weighted by Crippen LogP contribution is -2.27. The van der Waals surface area contributed by atoms with Gasteiger partial charge in [-0.2, -0.15) is 5.11 Å². The van der Waals surface area contributed by atoms with E-state index in [-0.39, 0.29) is 12.2 Å². The van der Waals surface area contributed by atoms with Gasteiger partial charge in [-0.1, -0.05) is 5.22 Å². The molecule has 0 amide bonds. The van der Waals surface area contributed by atoms with E-state index in [2.05, 4.69) is 15.1 Å². The summed E-state index contributed by atoms with van der Waals surface area (Å²) in [7, 11) is 1.28. The second-order valence-electron chi connectivity index (χ2n) is 3.60. The average molecular weight is 250 g/mol. The molecule has 1 atom stereocenters. The Morgan fingerprint density at radius 3 is 2.72 bits per heavy atom. The summed E-state index contributed by atoms with van der Waals surface area (Å²) in [5, 5.41) is 19.6. The van der Waals surface area contributed by atoms with Gasteiger partial charge in [0.15, 0.2) is 6.04 Å². The van der Waals surface area contributed by atoms with Crippen LogP contribution in [0.1, 0.15) is 0 Å². The molecule has 18 heavy (non-hydrogen) atoms. The molecule has 94 valence electrons. The molecular weight excluding hydrogens is 240 g/mol. The molecule has 1 heterocycles. The standard InChI is InChI=1S/C10H10N4O4/c1-18-10(15)9-6-13(12-11-9)7-2-4-8(5-3-7)14(16)17/h2-5,9H,6H2,1H3/t9-/m1/s1. The Balaban J connectivity index is 2.08. The maximum Gasteiger partial charge on any atom is 0.334 e. The van der Waals surface area contributed by atoms with Crippen molar-refractivity contribution < 1.29 is 14.5 Å². The summed E-state index contributed by atoms with van der Waals surface area (Å²) < 4.78 is 4.56. The number of nitro benzene ring substituents is 1. The number of nitro groups is 1. The number of carbonyl (C=O) groups excluding carboxylic acids is 1. The zero-order valence-electron chi connectivity index (χ0n) is 9.52. The quantitative estimate of drug-likeness (QED) is 0.457. The van der Waals surface area contributed by atoms with Gasteiger partial charge >= 0.3 is 5.97 Å². The van der Waals surface area contributed by atoms with Gasteiger partial charge in [0.25, 0.3) is 5.69 Å². The molecule has 8 heteroatoms. The first-order valence-electron chi connectivity index (χ1n) is 5.12. The Morgan fingerprint density at radius 2 is 2.17 bits per heavy atom. The van der Waals surface area contributed by atoms with Crippen LogP contribution in [0, 0.1) is 10.1 Å². The van der Waals surface area contributed by atoms with Gasteiger partial charge in [-0.3, -0.25) is 10.1 Å². The number of benzene rings is 1. The predicted molar refractivity (Wildman–Crippen MR) is 61.1 cm³/mol. The van der Waals surface area contributed by atoms with Crippen molar-refractivity contribution >= 4 is 17.3 Å². The molecule has 0 N–H and O–H groups in total. The van der Waals surface area contributed by atoms with E-state index < -0.39 is 16.9 Å². The smallest absolute Gasteiger partial charge is 0.334 e. The summed E-state index contributed by atoms with van der Waals surface area (Å²) in [5.74, 6) is -0.455. The third-order valence-corrected chi connectivity index (χ3v) is 2.48. The Bertz CT molecular complexity index is 499.